The monoisotopic (exact) mass is 281 g/mol. The number of benzene rings is 1. The molecule has 110 valence electrons. The Bertz CT molecular complexity index is 489. The average molecular weight is 281 g/mol. The van der Waals surface area contributed by atoms with Gasteiger partial charge in [0.15, 0.2) is 0 Å². The summed E-state index contributed by atoms with van der Waals surface area (Å²) >= 11 is 0. The zero-order valence-corrected chi connectivity index (χ0v) is 11.6. The van der Waals surface area contributed by atoms with Gasteiger partial charge in [0.1, 0.15) is 11.4 Å². The number of carbonyl (C=O) groups is 1. The molecular formula is C13H19N3O4. The number of nitro groups is 1. The van der Waals surface area contributed by atoms with E-state index in [-0.39, 0.29) is 29.7 Å². The summed E-state index contributed by atoms with van der Waals surface area (Å²) in [6, 6.07) is 4.26. The maximum atomic E-state index is 11.7. The van der Waals surface area contributed by atoms with Crippen LogP contribution >= 0.6 is 0 Å². The van der Waals surface area contributed by atoms with Crippen LogP contribution < -0.4 is 15.8 Å². The van der Waals surface area contributed by atoms with Crippen molar-refractivity contribution in [3.63, 3.8) is 0 Å². The molecule has 0 aliphatic rings. The third-order valence-electron chi connectivity index (χ3n) is 2.58. The van der Waals surface area contributed by atoms with Crippen molar-refractivity contribution >= 4 is 17.3 Å². The van der Waals surface area contributed by atoms with Gasteiger partial charge in [-0.05, 0) is 32.4 Å². The molecule has 0 aromatic heterocycles. The minimum atomic E-state index is -0.552. The van der Waals surface area contributed by atoms with E-state index in [2.05, 4.69) is 5.32 Å². The molecule has 20 heavy (non-hydrogen) atoms. The lowest BCUT2D eigenvalue weighted by Gasteiger charge is -2.09. The molecule has 0 heterocycles. The SMILES string of the molecule is CCOc1ccc(NC(=O)CCC(C)N)c([N+](=O)[O-])c1. The van der Waals surface area contributed by atoms with Gasteiger partial charge in [-0.3, -0.25) is 14.9 Å². The van der Waals surface area contributed by atoms with Gasteiger partial charge in [-0.2, -0.15) is 0 Å². The molecule has 1 rings (SSSR count). The van der Waals surface area contributed by atoms with Gasteiger partial charge in [-0.1, -0.05) is 0 Å². The van der Waals surface area contributed by atoms with Crippen molar-refractivity contribution in [2.24, 2.45) is 5.73 Å². The first-order valence-corrected chi connectivity index (χ1v) is 6.40. The van der Waals surface area contributed by atoms with E-state index in [1.54, 1.807) is 19.9 Å². The molecule has 0 saturated heterocycles. The lowest BCUT2D eigenvalue weighted by molar-refractivity contribution is -0.384. The van der Waals surface area contributed by atoms with Crippen molar-refractivity contribution in [2.75, 3.05) is 11.9 Å². The van der Waals surface area contributed by atoms with Crippen LogP contribution in [-0.2, 0) is 4.79 Å². The Balaban J connectivity index is 2.83. The molecule has 0 fully saturated rings. The van der Waals surface area contributed by atoms with Crippen LogP contribution in [0, 0.1) is 10.1 Å². The van der Waals surface area contributed by atoms with E-state index in [0.717, 1.165) is 0 Å². The first-order chi connectivity index (χ1) is 9.43. The van der Waals surface area contributed by atoms with Gasteiger partial charge in [-0.15, -0.1) is 0 Å². The summed E-state index contributed by atoms with van der Waals surface area (Å²) < 4.78 is 5.20. The number of ether oxygens (including phenoxy) is 1. The molecule has 0 bridgehead atoms. The Kier molecular flexibility index (Phi) is 5.92. The molecule has 1 aromatic rings. The molecule has 0 aliphatic heterocycles. The predicted molar refractivity (Wildman–Crippen MR) is 75.8 cm³/mol. The number of rotatable bonds is 7. The fourth-order valence-electron chi connectivity index (χ4n) is 1.60. The van der Waals surface area contributed by atoms with Crippen LogP contribution in [0.5, 0.6) is 5.75 Å². The molecule has 7 nitrogen and oxygen atoms in total. The number of nitrogens with one attached hydrogen (secondary N) is 1. The zero-order valence-electron chi connectivity index (χ0n) is 11.6. The fraction of sp³-hybridized carbons (Fsp3) is 0.462. The minimum absolute atomic E-state index is 0.0870. The maximum absolute atomic E-state index is 11.7. The smallest absolute Gasteiger partial charge is 0.296 e. The van der Waals surface area contributed by atoms with E-state index in [4.69, 9.17) is 10.5 Å². The summed E-state index contributed by atoms with van der Waals surface area (Å²) in [5, 5.41) is 13.5. The molecule has 1 amide bonds. The summed E-state index contributed by atoms with van der Waals surface area (Å²) in [4.78, 5) is 22.1. The third kappa shape index (κ3) is 4.85. The fourth-order valence-corrected chi connectivity index (χ4v) is 1.60. The first-order valence-electron chi connectivity index (χ1n) is 6.40. The number of nitro benzene ring substituents is 1. The normalized spacial score (nSPS) is 11.8. The van der Waals surface area contributed by atoms with Gasteiger partial charge < -0.3 is 15.8 Å². The van der Waals surface area contributed by atoms with Crippen LogP contribution in [0.25, 0.3) is 0 Å². The highest BCUT2D eigenvalue weighted by molar-refractivity contribution is 5.93. The van der Waals surface area contributed by atoms with Crippen molar-refractivity contribution in [1.82, 2.24) is 0 Å². The van der Waals surface area contributed by atoms with Crippen molar-refractivity contribution in [1.29, 1.82) is 0 Å². The Labute approximate surface area is 117 Å². The van der Waals surface area contributed by atoms with Gasteiger partial charge in [0.2, 0.25) is 5.91 Å². The third-order valence-corrected chi connectivity index (χ3v) is 2.58. The molecular weight excluding hydrogens is 262 g/mol. The predicted octanol–water partition coefficient (Wildman–Crippen LogP) is 2.06. The minimum Gasteiger partial charge on any atom is -0.494 e. The van der Waals surface area contributed by atoms with E-state index in [9.17, 15) is 14.9 Å². The summed E-state index contributed by atoms with van der Waals surface area (Å²) in [7, 11) is 0. The average Bonchev–Trinajstić information content (AvgIpc) is 2.38. The van der Waals surface area contributed by atoms with Crippen LogP contribution in [0.15, 0.2) is 18.2 Å². The van der Waals surface area contributed by atoms with E-state index >= 15 is 0 Å². The largest absolute Gasteiger partial charge is 0.494 e. The van der Waals surface area contributed by atoms with E-state index in [1.165, 1.54) is 12.1 Å². The van der Waals surface area contributed by atoms with Crippen LogP contribution in [0.2, 0.25) is 0 Å². The van der Waals surface area contributed by atoms with Crippen LogP contribution in [0.3, 0.4) is 0 Å². The molecule has 1 atom stereocenters. The first kappa shape index (κ1) is 15.9. The quantitative estimate of drug-likeness (QED) is 0.587. The van der Waals surface area contributed by atoms with Crippen molar-refractivity contribution in [2.45, 2.75) is 32.7 Å². The van der Waals surface area contributed by atoms with Gasteiger partial charge >= 0.3 is 0 Å². The second-order valence-corrected chi connectivity index (χ2v) is 4.43. The van der Waals surface area contributed by atoms with Crippen molar-refractivity contribution in [3.8, 4) is 5.75 Å². The second kappa shape index (κ2) is 7.44. The van der Waals surface area contributed by atoms with E-state index < -0.39 is 4.92 Å². The number of nitrogens with two attached hydrogens (primary N) is 1. The molecule has 7 heteroatoms. The summed E-state index contributed by atoms with van der Waals surface area (Å²) in [5.74, 6) is 0.0994. The topological polar surface area (TPSA) is 107 Å². The highest BCUT2D eigenvalue weighted by Gasteiger charge is 2.17. The Morgan fingerprint density at radius 1 is 1.55 bits per heavy atom. The number of hydrogen-bond acceptors (Lipinski definition) is 5. The molecule has 0 radical (unpaired) electrons. The summed E-state index contributed by atoms with van der Waals surface area (Å²) in [6.07, 6.45) is 0.749. The van der Waals surface area contributed by atoms with Crippen LogP contribution in [0.4, 0.5) is 11.4 Å². The lowest BCUT2D eigenvalue weighted by atomic mass is 10.2. The van der Waals surface area contributed by atoms with Gasteiger partial charge in [0.05, 0.1) is 17.6 Å². The Hall–Kier alpha value is -2.15. The second-order valence-electron chi connectivity index (χ2n) is 4.43. The number of hydrogen-bond donors (Lipinski definition) is 2. The van der Waals surface area contributed by atoms with Crippen molar-refractivity contribution in [3.05, 3.63) is 28.3 Å². The van der Waals surface area contributed by atoms with Crippen LogP contribution in [-0.4, -0.2) is 23.5 Å². The molecule has 0 saturated carbocycles. The highest BCUT2D eigenvalue weighted by atomic mass is 16.6. The molecule has 0 spiro atoms. The number of amides is 1. The maximum Gasteiger partial charge on any atom is 0.296 e. The number of anilines is 1. The zero-order chi connectivity index (χ0) is 15.1. The summed E-state index contributed by atoms with van der Waals surface area (Å²) in [6.45, 7) is 4.00. The Morgan fingerprint density at radius 3 is 2.80 bits per heavy atom. The molecule has 1 aromatic carbocycles. The molecule has 3 N–H and O–H groups in total. The summed E-state index contributed by atoms with van der Waals surface area (Å²) in [5.41, 5.74) is 5.53. The number of carbonyl (C=O) groups excluding carboxylic acids is 1. The lowest BCUT2D eigenvalue weighted by Crippen LogP contribution is -2.19. The van der Waals surface area contributed by atoms with Crippen LogP contribution in [0.1, 0.15) is 26.7 Å². The van der Waals surface area contributed by atoms with Gasteiger partial charge in [-0.25, -0.2) is 0 Å². The van der Waals surface area contributed by atoms with E-state index in [0.29, 0.717) is 18.8 Å². The molecule has 0 aliphatic carbocycles. The Morgan fingerprint density at radius 2 is 2.25 bits per heavy atom. The van der Waals surface area contributed by atoms with Gasteiger partial charge in [0, 0.05) is 12.5 Å². The van der Waals surface area contributed by atoms with E-state index in [1.807, 2.05) is 0 Å². The van der Waals surface area contributed by atoms with Crippen molar-refractivity contribution < 1.29 is 14.5 Å². The van der Waals surface area contributed by atoms with Gasteiger partial charge in [0.25, 0.3) is 5.69 Å². The number of nitrogens with zero attached hydrogens (tertiary/aromatic N) is 1. The highest BCUT2D eigenvalue weighted by Crippen LogP contribution is 2.29. The molecule has 1 unspecified atom stereocenters. The standard InChI is InChI=1S/C13H19N3O4/c1-3-20-10-5-6-11(12(8-10)16(18)19)15-13(17)7-4-9(2)14/h5-6,8-9H,3-4,7,14H2,1-2H3,(H,15,17).